The zero-order valence-corrected chi connectivity index (χ0v) is 10.7. The van der Waals surface area contributed by atoms with Crippen LogP contribution in [0, 0.1) is 3.70 Å². The molecule has 0 spiro atoms. The topological polar surface area (TPSA) is 16.1 Å². The SMILES string of the molecule is Ic1cc2c(cn1)CCN(I)C2. The van der Waals surface area contributed by atoms with Crippen molar-refractivity contribution in [3.8, 4) is 0 Å². The molecule has 0 aliphatic carbocycles. The van der Waals surface area contributed by atoms with Crippen molar-refractivity contribution in [2.24, 2.45) is 0 Å². The number of halogens is 2. The number of fused-ring (bicyclic) bond motifs is 1. The number of hydrogen-bond acceptors (Lipinski definition) is 2. The molecule has 1 aliphatic heterocycles. The van der Waals surface area contributed by atoms with Crippen LogP contribution in [0.2, 0.25) is 0 Å². The summed E-state index contributed by atoms with van der Waals surface area (Å²) in [5.41, 5.74) is 2.86. The summed E-state index contributed by atoms with van der Waals surface area (Å²) in [5.74, 6) is 0. The van der Waals surface area contributed by atoms with E-state index >= 15 is 0 Å². The lowest BCUT2D eigenvalue weighted by Crippen LogP contribution is -2.21. The highest BCUT2D eigenvalue weighted by Crippen LogP contribution is 2.21. The van der Waals surface area contributed by atoms with Gasteiger partial charge in [0, 0.05) is 42.2 Å². The van der Waals surface area contributed by atoms with Crippen molar-refractivity contribution >= 4 is 45.5 Å². The summed E-state index contributed by atoms with van der Waals surface area (Å²) in [5, 5.41) is 0. The normalized spacial score (nSPS) is 17.5. The Morgan fingerprint density at radius 2 is 2.25 bits per heavy atom. The van der Waals surface area contributed by atoms with Crippen LogP contribution in [0.5, 0.6) is 0 Å². The number of aromatic nitrogens is 1. The van der Waals surface area contributed by atoms with E-state index in [4.69, 9.17) is 0 Å². The molecule has 0 unspecified atom stereocenters. The molecule has 0 bridgehead atoms. The largest absolute Gasteiger partial charge is 0.250 e. The van der Waals surface area contributed by atoms with Crippen molar-refractivity contribution in [2.45, 2.75) is 13.0 Å². The zero-order chi connectivity index (χ0) is 8.55. The van der Waals surface area contributed by atoms with Crippen LogP contribution < -0.4 is 0 Å². The van der Waals surface area contributed by atoms with Gasteiger partial charge in [0.1, 0.15) is 3.70 Å². The molecule has 64 valence electrons. The van der Waals surface area contributed by atoms with E-state index in [0.29, 0.717) is 0 Å². The molecule has 1 aromatic heterocycles. The predicted molar refractivity (Wildman–Crippen MR) is 65.1 cm³/mol. The third-order valence-electron chi connectivity index (χ3n) is 2.02. The van der Waals surface area contributed by atoms with Crippen molar-refractivity contribution in [1.82, 2.24) is 8.10 Å². The fourth-order valence-electron chi connectivity index (χ4n) is 1.37. The van der Waals surface area contributed by atoms with E-state index in [0.717, 1.165) is 23.2 Å². The second kappa shape index (κ2) is 3.75. The monoisotopic (exact) mass is 386 g/mol. The van der Waals surface area contributed by atoms with Crippen LogP contribution in [-0.4, -0.2) is 14.6 Å². The molecule has 0 atom stereocenters. The molecule has 1 aliphatic rings. The second-order valence-corrected chi connectivity index (χ2v) is 5.34. The highest BCUT2D eigenvalue weighted by Gasteiger charge is 2.14. The highest BCUT2D eigenvalue weighted by molar-refractivity contribution is 14.1. The minimum absolute atomic E-state index is 1.06. The van der Waals surface area contributed by atoms with Crippen LogP contribution in [0.4, 0.5) is 0 Å². The van der Waals surface area contributed by atoms with Crippen LogP contribution >= 0.6 is 45.5 Å². The van der Waals surface area contributed by atoms with Gasteiger partial charge in [-0.25, -0.2) is 3.11 Å². The summed E-state index contributed by atoms with van der Waals surface area (Å²) in [7, 11) is 0. The smallest absolute Gasteiger partial charge is 0.101 e. The molecule has 2 rings (SSSR count). The van der Waals surface area contributed by atoms with Crippen LogP contribution in [0.15, 0.2) is 12.3 Å². The maximum absolute atomic E-state index is 4.28. The van der Waals surface area contributed by atoms with E-state index in [-0.39, 0.29) is 0 Å². The Morgan fingerprint density at radius 3 is 3.08 bits per heavy atom. The third kappa shape index (κ3) is 1.90. The fraction of sp³-hybridized carbons (Fsp3) is 0.375. The van der Waals surface area contributed by atoms with Crippen molar-refractivity contribution in [3.63, 3.8) is 0 Å². The van der Waals surface area contributed by atoms with Crippen molar-refractivity contribution in [2.75, 3.05) is 6.54 Å². The summed E-state index contributed by atoms with van der Waals surface area (Å²) in [4.78, 5) is 4.28. The maximum atomic E-state index is 4.28. The number of hydrogen-bond donors (Lipinski definition) is 0. The summed E-state index contributed by atoms with van der Waals surface area (Å²) in [6.07, 6.45) is 3.16. The Bertz CT molecular complexity index is 301. The molecule has 12 heavy (non-hydrogen) atoms. The number of rotatable bonds is 0. The van der Waals surface area contributed by atoms with Gasteiger partial charge in [-0.1, -0.05) is 0 Å². The molecule has 0 saturated carbocycles. The number of pyridine rings is 1. The second-order valence-electron chi connectivity index (χ2n) is 2.87. The lowest BCUT2D eigenvalue weighted by molar-refractivity contribution is 0.479. The third-order valence-corrected chi connectivity index (χ3v) is 3.43. The van der Waals surface area contributed by atoms with Gasteiger partial charge in [-0.3, -0.25) is 4.98 Å². The predicted octanol–water partition coefficient (Wildman–Crippen LogP) is 2.39. The minimum atomic E-state index is 1.06. The average molecular weight is 386 g/mol. The van der Waals surface area contributed by atoms with Gasteiger partial charge in [0.15, 0.2) is 0 Å². The summed E-state index contributed by atoms with van der Waals surface area (Å²) in [6.45, 7) is 2.21. The Labute approximate surface area is 99.4 Å². The molecule has 0 amide bonds. The Kier molecular flexibility index (Phi) is 2.85. The van der Waals surface area contributed by atoms with Crippen molar-refractivity contribution in [3.05, 3.63) is 27.1 Å². The molecule has 2 nitrogen and oxygen atoms in total. The molecule has 0 fully saturated rings. The molecule has 0 saturated heterocycles. The van der Waals surface area contributed by atoms with Gasteiger partial charge in [0.05, 0.1) is 0 Å². The molecular formula is C8H8I2N2. The standard InChI is InChI=1S/C8H8I2N2/c9-8-3-7-5-12(10)2-1-6(7)4-11-8/h3-4H,1-2,5H2. The van der Waals surface area contributed by atoms with Gasteiger partial charge in [0.25, 0.3) is 0 Å². The van der Waals surface area contributed by atoms with Gasteiger partial charge in [0.2, 0.25) is 0 Å². The average Bonchev–Trinajstić information content (AvgIpc) is 2.03. The Hall–Kier alpha value is 0.570. The lowest BCUT2D eigenvalue weighted by atomic mass is 10.0. The van der Waals surface area contributed by atoms with Crippen LogP contribution in [0.1, 0.15) is 11.1 Å². The van der Waals surface area contributed by atoms with Gasteiger partial charge in [-0.05, 0) is 46.2 Å². The first-order valence-electron chi connectivity index (χ1n) is 3.80. The first kappa shape index (κ1) is 9.14. The van der Waals surface area contributed by atoms with Crippen molar-refractivity contribution in [1.29, 1.82) is 0 Å². The highest BCUT2D eigenvalue weighted by atomic mass is 127. The molecule has 0 N–H and O–H groups in total. The fourth-order valence-corrected chi connectivity index (χ4v) is 2.50. The zero-order valence-electron chi connectivity index (χ0n) is 6.43. The Morgan fingerprint density at radius 1 is 1.42 bits per heavy atom. The molecule has 0 aromatic carbocycles. The van der Waals surface area contributed by atoms with E-state index in [1.807, 2.05) is 6.20 Å². The van der Waals surface area contributed by atoms with Crippen LogP contribution in [0.3, 0.4) is 0 Å². The lowest BCUT2D eigenvalue weighted by Gasteiger charge is -2.22. The molecule has 1 aromatic rings. The summed E-state index contributed by atoms with van der Waals surface area (Å²) in [6, 6.07) is 2.18. The minimum Gasteiger partial charge on any atom is -0.250 e. The molecule has 0 radical (unpaired) electrons. The number of nitrogens with zero attached hydrogens (tertiary/aromatic N) is 2. The first-order valence-corrected chi connectivity index (χ1v) is 5.84. The van der Waals surface area contributed by atoms with E-state index in [9.17, 15) is 0 Å². The molecular weight excluding hydrogens is 378 g/mol. The van der Waals surface area contributed by atoms with Gasteiger partial charge >= 0.3 is 0 Å². The van der Waals surface area contributed by atoms with Gasteiger partial charge in [-0.15, -0.1) is 0 Å². The quantitative estimate of drug-likeness (QED) is 0.387. The van der Waals surface area contributed by atoms with E-state index in [1.165, 1.54) is 11.1 Å². The first-order chi connectivity index (χ1) is 5.75. The van der Waals surface area contributed by atoms with Gasteiger partial charge < -0.3 is 0 Å². The van der Waals surface area contributed by atoms with E-state index in [2.05, 4.69) is 59.6 Å². The summed E-state index contributed by atoms with van der Waals surface area (Å²) < 4.78 is 3.41. The van der Waals surface area contributed by atoms with Crippen LogP contribution in [0.25, 0.3) is 0 Å². The van der Waals surface area contributed by atoms with E-state index < -0.39 is 0 Å². The molecule has 2 heterocycles. The van der Waals surface area contributed by atoms with Crippen molar-refractivity contribution < 1.29 is 0 Å². The summed E-state index contributed by atoms with van der Waals surface area (Å²) >= 11 is 4.64. The maximum Gasteiger partial charge on any atom is 0.101 e. The van der Waals surface area contributed by atoms with Crippen LogP contribution in [-0.2, 0) is 13.0 Å². The Balaban J connectivity index is 2.37. The van der Waals surface area contributed by atoms with Gasteiger partial charge in [-0.2, -0.15) is 0 Å². The van der Waals surface area contributed by atoms with E-state index in [1.54, 1.807) is 0 Å². The molecule has 4 heteroatoms.